The van der Waals surface area contributed by atoms with E-state index in [1.54, 1.807) is 31.4 Å². The second kappa shape index (κ2) is 8.77. The number of aromatic amines is 1. The predicted molar refractivity (Wildman–Crippen MR) is 114 cm³/mol. The number of thioether (sulfide) groups is 1. The monoisotopic (exact) mass is 513 g/mol. The molecular formula is C18H13ClIN3O3S. The average molecular weight is 514 g/mol. The second-order valence-corrected chi connectivity index (χ2v) is 7.97. The Kier molecular flexibility index (Phi) is 6.40. The smallest absolute Gasteiger partial charge is 0.342 e. The van der Waals surface area contributed by atoms with Crippen molar-refractivity contribution < 1.29 is 14.6 Å². The highest BCUT2D eigenvalue weighted by Gasteiger charge is 2.16. The number of nitrogens with zero attached hydrogens (tertiary/aromatic N) is 2. The molecule has 27 heavy (non-hydrogen) atoms. The van der Waals surface area contributed by atoms with Gasteiger partial charge in [0.05, 0.1) is 12.7 Å². The summed E-state index contributed by atoms with van der Waals surface area (Å²) < 4.78 is 6.39. The topological polar surface area (TPSA) is 88.1 Å². The van der Waals surface area contributed by atoms with Gasteiger partial charge < -0.3 is 9.84 Å². The normalized spacial score (nSPS) is 11.4. The summed E-state index contributed by atoms with van der Waals surface area (Å²) in [4.78, 5) is 16.1. The molecule has 2 aromatic carbocycles. The van der Waals surface area contributed by atoms with E-state index in [9.17, 15) is 9.90 Å². The van der Waals surface area contributed by atoms with Gasteiger partial charge in [0.15, 0.2) is 5.82 Å². The first-order chi connectivity index (χ1) is 13.0. The second-order valence-electron chi connectivity index (χ2n) is 5.28. The Morgan fingerprint density at radius 1 is 1.30 bits per heavy atom. The fraction of sp³-hybridized carbons (Fsp3) is 0.0556. The summed E-state index contributed by atoms with van der Waals surface area (Å²) in [6.07, 6.45) is 1.58. The van der Waals surface area contributed by atoms with E-state index in [1.807, 2.05) is 24.3 Å². The van der Waals surface area contributed by atoms with Gasteiger partial charge in [0, 0.05) is 8.59 Å². The summed E-state index contributed by atoms with van der Waals surface area (Å²) in [5.74, 6) is -0.0268. The number of nitrogens with one attached hydrogen (secondary N) is 1. The maximum absolute atomic E-state index is 11.6. The Labute approximate surface area is 178 Å². The minimum atomic E-state index is -1.05. The van der Waals surface area contributed by atoms with Crippen molar-refractivity contribution >= 4 is 58.0 Å². The predicted octanol–water partition coefficient (Wildman–Crippen LogP) is 4.96. The van der Waals surface area contributed by atoms with E-state index in [1.165, 1.54) is 0 Å². The van der Waals surface area contributed by atoms with E-state index in [4.69, 9.17) is 16.3 Å². The molecule has 0 fully saturated rings. The first-order valence-electron chi connectivity index (χ1n) is 7.61. The summed E-state index contributed by atoms with van der Waals surface area (Å²) in [6, 6.07) is 12.7. The highest BCUT2D eigenvalue weighted by atomic mass is 127. The number of hydrogen-bond donors (Lipinski definition) is 2. The fourth-order valence-corrected chi connectivity index (χ4v) is 3.46. The molecule has 0 amide bonds. The van der Waals surface area contributed by atoms with Gasteiger partial charge in [-0.15, -0.1) is 5.10 Å². The number of aromatic nitrogens is 3. The van der Waals surface area contributed by atoms with Gasteiger partial charge in [-0.2, -0.15) is 0 Å². The van der Waals surface area contributed by atoms with Crippen molar-refractivity contribution in [3.63, 3.8) is 0 Å². The zero-order valence-corrected chi connectivity index (χ0v) is 17.7. The summed E-state index contributed by atoms with van der Waals surface area (Å²) in [5, 5.41) is 17.2. The molecule has 0 aliphatic carbocycles. The summed E-state index contributed by atoms with van der Waals surface area (Å²) in [6.45, 7) is 0. The third-order valence-corrected chi connectivity index (χ3v) is 5.29. The number of benzene rings is 2. The number of carbonyl (C=O) groups is 1. The van der Waals surface area contributed by atoms with Crippen molar-refractivity contribution in [3.05, 3.63) is 61.5 Å². The van der Waals surface area contributed by atoms with Crippen LogP contribution in [0.2, 0.25) is 5.02 Å². The maximum Gasteiger partial charge on any atom is 0.342 e. The van der Waals surface area contributed by atoms with Crippen molar-refractivity contribution in [2.24, 2.45) is 0 Å². The van der Waals surface area contributed by atoms with E-state index in [-0.39, 0.29) is 10.1 Å². The summed E-state index contributed by atoms with van der Waals surface area (Å²) >= 11 is 9.20. The Bertz CT molecular complexity index is 1010. The lowest BCUT2D eigenvalue weighted by Gasteiger charge is -2.05. The van der Waals surface area contributed by atoms with Crippen molar-refractivity contribution in [2.75, 3.05) is 7.11 Å². The number of aliphatic carboxylic acids is 1. The van der Waals surface area contributed by atoms with Crippen LogP contribution >= 0.6 is 46.0 Å². The lowest BCUT2D eigenvalue weighted by Crippen LogP contribution is -1.97. The number of halogens is 2. The SMILES string of the molecule is COc1ccc(Cl)cc1-c1nc(S/C(=C\c2ccc(I)cc2)C(=O)O)n[nH]1. The number of rotatable bonds is 6. The Morgan fingerprint density at radius 3 is 2.70 bits per heavy atom. The van der Waals surface area contributed by atoms with E-state index in [0.29, 0.717) is 22.2 Å². The molecule has 0 aliphatic rings. The number of methoxy groups -OCH3 is 1. The van der Waals surface area contributed by atoms with Crippen LogP contribution in [0.15, 0.2) is 52.5 Å². The first-order valence-corrected chi connectivity index (χ1v) is 9.88. The van der Waals surface area contributed by atoms with Crippen molar-refractivity contribution in [1.82, 2.24) is 15.2 Å². The molecule has 0 unspecified atom stereocenters. The standard InChI is InChI=1S/C18H13ClIN3O3S/c1-26-14-7-4-11(19)9-13(14)16-21-18(23-22-16)27-15(17(24)25)8-10-2-5-12(20)6-3-10/h2-9H,1H3,(H,24,25)(H,21,22,23)/b15-8-. The van der Waals surface area contributed by atoms with Crippen LogP contribution in [0.4, 0.5) is 0 Å². The molecule has 0 radical (unpaired) electrons. The number of carboxylic acids is 1. The molecule has 9 heteroatoms. The average Bonchev–Trinajstić information content (AvgIpc) is 3.11. The van der Waals surface area contributed by atoms with Gasteiger partial charge >= 0.3 is 5.97 Å². The fourth-order valence-electron chi connectivity index (χ4n) is 2.22. The molecular weight excluding hydrogens is 501 g/mol. The molecule has 3 aromatic rings. The molecule has 1 aromatic heterocycles. The highest BCUT2D eigenvalue weighted by molar-refractivity contribution is 14.1. The third-order valence-electron chi connectivity index (χ3n) is 3.46. The lowest BCUT2D eigenvalue weighted by atomic mass is 10.2. The quantitative estimate of drug-likeness (QED) is 0.275. The first kappa shape index (κ1) is 19.7. The van der Waals surface area contributed by atoms with Gasteiger partial charge in [0.25, 0.3) is 0 Å². The minimum Gasteiger partial charge on any atom is -0.496 e. The molecule has 138 valence electrons. The zero-order chi connectivity index (χ0) is 19.4. The van der Waals surface area contributed by atoms with Crippen LogP contribution in [0.3, 0.4) is 0 Å². The van der Waals surface area contributed by atoms with E-state index < -0.39 is 5.97 Å². The summed E-state index contributed by atoms with van der Waals surface area (Å²) in [5.41, 5.74) is 1.43. The molecule has 0 aliphatic heterocycles. The number of hydrogen-bond acceptors (Lipinski definition) is 5. The minimum absolute atomic E-state index is 0.111. The van der Waals surface area contributed by atoms with E-state index in [2.05, 4.69) is 37.8 Å². The number of carboxylic acid groups (broad SMARTS) is 1. The highest BCUT2D eigenvalue weighted by Crippen LogP contribution is 2.32. The van der Waals surface area contributed by atoms with Gasteiger partial charge in [-0.1, -0.05) is 23.7 Å². The molecule has 2 N–H and O–H groups in total. The van der Waals surface area contributed by atoms with Crippen molar-refractivity contribution in [2.45, 2.75) is 5.16 Å². The Hall–Kier alpha value is -2.04. The van der Waals surface area contributed by atoms with E-state index >= 15 is 0 Å². The molecule has 0 bridgehead atoms. The van der Waals surface area contributed by atoms with Gasteiger partial charge in [-0.3, -0.25) is 5.10 Å². The molecule has 0 spiro atoms. The van der Waals surface area contributed by atoms with Crippen LogP contribution in [-0.2, 0) is 4.79 Å². The number of H-pyrrole nitrogens is 1. The number of ether oxygens (including phenoxy) is 1. The molecule has 0 atom stereocenters. The van der Waals surface area contributed by atoms with Gasteiger partial charge in [0.1, 0.15) is 10.7 Å². The molecule has 1 heterocycles. The maximum atomic E-state index is 11.6. The van der Waals surface area contributed by atoms with Crippen molar-refractivity contribution in [3.8, 4) is 17.1 Å². The van der Waals surface area contributed by atoms with Crippen LogP contribution in [0.1, 0.15) is 5.56 Å². The van der Waals surface area contributed by atoms with E-state index in [0.717, 1.165) is 20.9 Å². The zero-order valence-electron chi connectivity index (χ0n) is 13.9. The van der Waals surface area contributed by atoms with Crippen LogP contribution < -0.4 is 4.74 Å². The van der Waals surface area contributed by atoms with Crippen LogP contribution in [-0.4, -0.2) is 33.4 Å². The largest absolute Gasteiger partial charge is 0.496 e. The third kappa shape index (κ3) is 5.02. The van der Waals surface area contributed by atoms with Crippen LogP contribution in [0.5, 0.6) is 5.75 Å². The van der Waals surface area contributed by atoms with Crippen LogP contribution in [0, 0.1) is 3.57 Å². The van der Waals surface area contributed by atoms with Gasteiger partial charge in [-0.25, -0.2) is 9.78 Å². The molecule has 6 nitrogen and oxygen atoms in total. The van der Waals surface area contributed by atoms with Gasteiger partial charge in [0.2, 0.25) is 5.16 Å². The van der Waals surface area contributed by atoms with Crippen molar-refractivity contribution in [1.29, 1.82) is 0 Å². The lowest BCUT2D eigenvalue weighted by molar-refractivity contribution is -0.131. The van der Waals surface area contributed by atoms with Crippen LogP contribution in [0.25, 0.3) is 17.5 Å². The molecule has 0 saturated heterocycles. The molecule has 0 saturated carbocycles. The Balaban J connectivity index is 1.88. The summed E-state index contributed by atoms with van der Waals surface area (Å²) in [7, 11) is 1.55. The van der Waals surface area contributed by atoms with Gasteiger partial charge in [-0.05, 0) is 76.3 Å². The molecule has 3 rings (SSSR count). The Morgan fingerprint density at radius 2 is 2.04 bits per heavy atom.